The van der Waals surface area contributed by atoms with E-state index in [1.165, 1.54) is 0 Å². The van der Waals surface area contributed by atoms with Crippen LogP contribution in [0.4, 0.5) is 4.79 Å². The highest BCUT2D eigenvalue weighted by atomic mass is 16.6. The minimum Gasteiger partial charge on any atom is -0.497 e. The van der Waals surface area contributed by atoms with Crippen LogP contribution in [0.3, 0.4) is 0 Å². The molecule has 0 saturated carbocycles. The van der Waals surface area contributed by atoms with E-state index in [2.05, 4.69) is 0 Å². The summed E-state index contributed by atoms with van der Waals surface area (Å²) in [5.74, 6) is 0.304. The molecular weight excluding hydrogens is 346 g/mol. The smallest absolute Gasteiger partial charge is 0.410 e. The van der Waals surface area contributed by atoms with Gasteiger partial charge in [0.05, 0.1) is 25.8 Å². The summed E-state index contributed by atoms with van der Waals surface area (Å²) in [5, 5.41) is 0. The number of amides is 1. The van der Waals surface area contributed by atoms with Gasteiger partial charge in [-0.05, 0) is 51.0 Å². The second-order valence-corrected chi connectivity index (χ2v) is 7.60. The maximum absolute atomic E-state index is 12.6. The van der Waals surface area contributed by atoms with Crippen LogP contribution in [0.5, 0.6) is 5.75 Å². The number of carbonyl (C=O) groups excluding carboxylic acids is 2. The fourth-order valence-corrected chi connectivity index (χ4v) is 3.15. The first-order valence-electron chi connectivity index (χ1n) is 9.18. The average Bonchev–Trinajstić information content (AvgIpc) is 2.60. The molecule has 1 unspecified atom stereocenters. The van der Waals surface area contributed by atoms with Gasteiger partial charge in [0.15, 0.2) is 0 Å². The van der Waals surface area contributed by atoms with Crippen LogP contribution >= 0.6 is 0 Å². The third-order valence-electron chi connectivity index (χ3n) is 4.24. The molecule has 0 aromatic heterocycles. The molecule has 0 saturated heterocycles. The van der Waals surface area contributed by atoms with Crippen molar-refractivity contribution < 1.29 is 23.8 Å². The van der Waals surface area contributed by atoms with Gasteiger partial charge >= 0.3 is 12.1 Å². The molecular formula is C21H29NO5. The van der Waals surface area contributed by atoms with Crippen molar-refractivity contribution in [1.82, 2.24) is 4.90 Å². The molecule has 0 bridgehead atoms. The molecule has 0 aliphatic carbocycles. The molecule has 0 fully saturated rings. The van der Waals surface area contributed by atoms with Crippen molar-refractivity contribution in [3.8, 4) is 5.75 Å². The Morgan fingerprint density at radius 2 is 1.81 bits per heavy atom. The van der Waals surface area contributed by atoms with Gasteiger partial charge < -0.3 is 19.1 Å². The fraction of sp³-hybridized carbons (Fsp3) is 0.524. The Morgan fingerprint density at radius 3 is 2.33 bits per heavy atom. The van der Waals surface area contributed by atoms with Crippen molar-refractivity contribution in [1.29, 1.82) is 0 Å². The zero-order chi connectivity index (χ0) is 20.2. The molecule has 6 heteroatoms. The lowest BCUT2D eigenvalue weighted by Gasteiger charge is -2.35. The monoisotopic (exact) mass is 375 g/mol. The lowest BCUT2D eigenvalue weighted by Crippen LogP contribution is -2.44. The summed E-state index contributed by atoms with van der Waals surface area (Å²) < 4.78 is 15.9. The number of carbonyl (C=O) groups is 2. The second-order valence-electron chi connectivity index (χ2n) is 7.60. The van der Waals surface area contributed by atoms with E-state index in [1.54, 1.807) is 18.9 Å². The van der Waals surface area contributed by atoms with Crippen molar-refractivity contribution in [2.24, 2.45) is 5.92 Å². The molecule has 1 aliphatic heterocycles. The van der Waals surface area contributed by atoms with Crippen LogP contribution in [0, 0.1) is 5.92 Å². The largest absolute Gasteiger partial charge is 0.497 e. The number of hydrogen-bond acceptors (Lipinski definition) is 5. The first-order chi connectivity index (χ1) is 12.7. The molecule has 1 heterocycles. The van der Waals surface area contributed by atoms with Crippen LogP contribution in [0.2, 0.25) is 0 Å². The molecule has 27 heavy (non-hydrogen) atoms. The average molecular weight is 375 g/mol. The zero-order valence-corrected chi connectivity index (χ0v) is 17.0. The van der Waals surface area contributed by atoms with Crippen LogP contribution in [0.1, 0.15) is 40.2 Å². The van der Waals surface area contributed by atoms with Crippen molar-refractivity contribution in [3.05, 3.63) is 35.4 Å². The van der Waals surface area contributed by atoms with E-state index >= 15 is 0 Å². The Hall–Kier alpha value is -2.50. The standard InChI is InChI=1S/C21H29NO5/c1-7-26-19(23)17-13-22(20(24)27-21(3,4)5)12-14(2)18(17)15-8-10-16(25-6)11-9-15/h8-11,14H,7,12-13H2,1-6H3. The number of nitrogens with zero attached hydrogens (tertiary/aromatic N) is 1. The summed E-state index contributed by atoms with van der Waals surface area (Å²) in [6, 6.07) is 7.57. The first-order valence-corrected chi connectivity index (χ1v) is 9.18. The van der Waals surface area contributed by atoms with E-state index in [1.807, 2.05) is 52.0 Å². The minimum atomic E-state index is -0.593. The molecule has 0 spiro atoms. The molecule has 148 valence electrons. The summed E-state index contributed by atoms with van der Waals surface area (Å²) in [7, 11) is 1.61. The van der Waals surface area contributed by atoms with Crippen molar-refractivity contribution in [2.75, 3.05) is 26.8 Å². The normalized spacial score (nSPS) is 17.6. The van der Waals surface area contributed by atoms with Crippen LogP contribution < -0.4 is 4.74 Å². The SMILES string of the molecule is CCOC(=O)C1=C(c2ccc(OC)cc2)C(C)CN(C(=O)OC(C)(C)C)C1. The van der Waals surface area contributed by atoms with E-state index in [9.17, 15) is 9.59 Å². The highest BCUT2D eigenvalue weighted by Gasteiger charge is 2.34. The van der Waals surface area contributed by atoms with Gasteiger partial charge in [-0.3, -0.25) is 0 Å². The number of esters is 1. The summed E-state index contributed by atoms with van der Waals surface area (Å²) >= 11 is 0. The highest BCUT2D eigenvalue weighted by molar-refractivity contribution is 5.99. The quantitative estimate of drug-likeness (QED) is 0.747. The van der Waals surface area contributed by atoms with E-state index in [0.717, 1.165) is 16.9 Å². The predicted octanol–water partition coefficient (Wildman–Crippen LogP) is 3.90. The molecule has 0 radical (unpaired) electrons. The van der Waals surface area contributed by atoms with Gasteiger partial charge in [0, 0.05) is 12.5 Å². The fourth-order valence-electron chi connectivity index (χ4n) is 3.15. The summed E-state index contributed by atoms with van der Waals surface area (Å²) in [6.07, 6.45) is -0.426. The molecule has 0 N–H and O–H groups in total. The van der Waals surface area contributed by atoms with Crippen LogP contribution in [0.15, 0.2) is 29.8 Å². The zero-order valence-electron chi connectivity index (χ0n) is 17.0. The maximum atomic E-state index is 12.6. The van der Waals surface area contributed by atoms with E-state index in [-0.39, 0.29) is 19.1 Å². The minimum absolute atomic E-state index is 0.0425. The molecule has 2 rings (SSSR count). The Morgan fingerprint density at radius 1 is 1.19 bits per heavy atom. The Bertz CT molecular complexity index is 715. The number of hydrogen-bond donors (Lipinski definition) is 0. The molecule has 1 amide bonds. The van der Waals surface area contributed by atoms with Crippen molar-refractivity contribution in [3.63, 3.8) is 0 Å². The Balaban J connectivity index is 2.40. The number of ether oxygens (including phenoxy) is 3. The van der Waals surface area contributed by atoms with Crippen molar-refractivity contribution in [2.45, 2.75) is 40.2 Å². The lowest BCUT2D eigenvalue weighted by molar-refractivity contribution is -0.138. The summed E-state index contributed by atoms with van der Waals surface area (Å²) in [6.45, 7) is 10.1. The number of methoxy groups -OCH3 is 1. The second kappa shape index (κ2) is 8.46. The van der Waals surface area contributed by atoms with Gasteiger partial charge in [-0.15, -0.1) is 0 Å². The van der Waals surface area contributed by atoms with Gasteiger partial charge in [0.2, 0.25) is 0 Å². The van der Waals surface area contributed by atoms with E-state index in [0.29, 0.717) is 12.1 Å². The van der Waals surface area contributed by atoms with Crippen LogP contribution in [-0.2, 0) is 14.3 Å². The molecule has 6 nitrogen and oxygen atoms in total. The van der Waals surface area contributed by atoms with E-state index in [4.69, 9.17) is 14.2 Å². The molecule has 1 atom stereocenters. The summed E-state index contributed by atoms with van der Waals surface area (Å²) in [4.78, 5) is 26.7. The Kier molecular flexibility index (Phi) is 6.52. The number of rotatable bonds is 4. The summed E-state index contributed by atoms with van der Waals surface area (Å²) in [5.41, 5.74) is 1.72. The van der Waals surface area contributed by atoms with Gasteiger partial charge in [-0.1, -0.05) is 19.1 Å². The van der Waals surface area contributed by atoms with Gasteiger partial charge in [0.25, 0.3) is 0 Å². The van der Waals surface area contributed by atoms with Gasteiger partial charge in [-0.25, -0.2) is 9.59 Å². The molecule has 1 aromatic carbocycles. The maximum Gasteiger partial charge on any atom is 0.410 e. The van der Waals surface area contributed by atoms with Crippen LogP contribution in [0.25, 0.3) is 5.57 Å². The Labute approximate surface area is 161 Å². The predicted molar refractivity (Wildman–Crippen MR) is 104 cm³/mol. The highest BCUT2D eigenvalue weighted by Crippen LogP contribution is 2.34. The lowest BCUT2D eigenvalue weighted by atomic mass is 9.86. The van der Waals surface area contributed by atoms with E-state index < -0.39 is 17.7 Å². The first kappa shape index (κ1) is 20.8. The van der Waals surface area contributed by atoms with Crippen LogP contribution in [-0.4, -0.2) is 49.4 Å². The number of benzene rings is 1. The van der Waals surface area contributed by atoms with Gasteiger partial charge in [-0.2, -0.15) is 0 Å². The molecule has 1 aliphatic rings. The van der Waals surface area contributed by atoms with Gasteiger partial charge in [0.1, 0.15) is 11.4 Å². The molecule has 1 aromatic rings. The third kappa shape index (κ3) is 5.25. The van der Waals surface area contributed by atoms with Crippen molar-refractivity contribution >= 4 is 17.6 Å². The topological polar surface area (TPSA) is 65.1 Å². The third-order valence-corrected chi connectivity index (χ3v) is 4.24.